The van der Waals surface area contributed by atoms with Crippen LogP contribution in [0, 0.1) is 0 Å². The van der Waals surface area contributed by atoms with Gasteiger partial charge in [-0.05, 0) is 25.7 Å². The highest BCUT2D eigenvalue weighted by molar-refractivity contribution is 5.68. The van der Waals surface area contributed by atoms with Crippen molar-refractivity contribution in [3.05, 3.63) is 0 Å². The summed E-state index contributed by atoms with van der Waals surface area (Å²) < 4.78 is 5.27. The van der Waals surface area contributed by atoms with Gasteiger partial charge in [0.25, 0.3) is 0 Å². The second-order valence-corrected chi connectivity index (χ2v) is 4.17. The summed E-state index contributed by atoms with van der Waals surface area (Å²) in [5.74, 6) is -0.866. The number of aliphatic carboxylic acids is 1. The Balaban J connectivity index is 1.64. The van der Waals surface area contributed by atoms with Crippen LogP contribution in [0.1, 0.15) is 25.7 Å². The Morgan fingerprint density at radius 2 is 1.93 bits per heavy atom. The minimum absolute atomic E-state index is 0.145. The van der Waals surface area contributed by atoms with E-state index >= 15 is 0 Å². The molecule has 1 N–H and O–H groups in total. The first-order chi connectivity index (χ1) is 6.75. The number of likely N-dealkylation sites (tertiary alicyclic amines) is 1. The molecular weight excluding hydrogens is 182 g/mol. The van der Waals surface area contributed by atoms with Gasteiger partial charge in [-0.25, -0.2) is 4.79 Å². The number of carboxylic acids is 1. The molecule has 1 saturated carbocycles. The van der Waals surface area contributed by atoms with Crippen LogP contribution in [0.4, 0.5) is 0 Å². The van der Waals surface area contributed by atoms with Gasteiger partial charge in [-0.2, -0.15) is 0 Å². The second-order valence-electron chi connectivity index (χ2n) is 4.17. The van der Waals surface area contributed by atoms with Crippen LogP contribution in [0.3, 0.4) is 0 Å². The molecule has 2 rings (SSSR count). The van der Waals surface area contributed by atoms with E-state index in [4.69, 9.17) is 9.84 Å². The van der Waals surface area contributed by atoms with Gasteiger partial charge in [0.2, 0.25) is 0 Å². The predicted octanol–water partition coefficient (Wildman–Crippen LogP) is 0.714. The summed E-state index contributed by atoms with van der Waals surface area (Å²) in [7, 11) is 0. The number of piperidine rings is 1. The highest BCUT2D eigenvalue weighted by atomic mass is 16.5. The van der Waals surface area contributed by atoms with Crippen molar-refractivity contribution in [2.45, 2.75) is 37.8 Å². The zero-order valence-electron chi connectivity index (χ0n) is 8.32. The third-order valence-electron chi connectivity index (χ3n) is 2.98. The van der Waals surface area contributed by atoms with Gasteiger partial charge in [0.1, 0.15) is 6.61 Å². The molecule has 4 heteroatoms. The number of hydrogen-bond acceptors (Lipinski definition) is 3. The predicted molar refractivity (Wildman–Crippen MR) is 51.2 cm³/mol. The summed E-state index contributed by atoms with van der Waals surface area (Å²) in [5.41, 5.74) is 0. The maximum Gasteiger partial charge on any atom is 0.329 e. The van der Waals surface area contributed by atoms with Crippen LogP contribution in [-0.2, 0) is 9.53 Å². The first-order valence-electron chi connectivity index (χ1n) is 5.33. The Hall–Kier alpha value is -0.610. The molecule has 0 bridgehead atoms. The molecule has 0 atom stereocenters. The van der Waals surface area contributed by atoms with Crippen molar-refractivity contribution < 1.29 is 14.6 Å². The zero-order chi connectivity index (χ0) is 9.97. The van der Waals surface area contributed by atoms with E-state index in [0.717, 1.165) is 32.0 Å². The van der Waals surface area contributed by atoms with Gasteiger partial charge in [-0.15, -0.1) is 0 Å². The fourth-order valence-electron chi connectivity index (χ4n) is 2.04. The zero-order valence-corrected chi connectivity index (χ0v) is 8.32. The third kappa shape index (κ3) is 2.69. The Bertz CT molecular complexity index is 207. The molecule has 0 unspecified atom stereocenters. The van der Waals surface area contributed by atoms with Crippen molar-refractivity contribution >= 4 is 5.97 Å². The monoisotopic (exact) mass is 199 g/mol. The minimum Gasteiger partial charge on any atom is -0.480 e. The van der Waals surface area contributed by atoms with Crippen molar-refractivity contribution in [1.82, 2.24) is 4.90 Å². The maximum absolute atomic E-state index is 10.3. The molecule has 80 valence electrons. The van der Waals surface area contributed by atoms with Crippen LogP contribution in [0.15, 0.2) is 0 Å². The van der Waals surface area contributed by atoms with Gasteiger partial charge in [-0.1, -0.05) is 0 Å². The average Bonchev–Trinajstić information content (AvgIpc) is 2.99. The summed E-state index contributed by atoms with van der Waals surface area (Å²) in [6, 6.07) is 0.829. The highest BCUT2D eigenvalue weighted by Crippen LogP contribution is 2.29. The van der Waals surface area contributed by atoms with Crippen LogP contribution in [0.5, 0.6) is 0 Å². The quantitative estimate of drug-likeness (QED) is 0.724. The Morgan fingerprint density at radius 3 is 2.43 bits per heavy atom. The van der Waals surface area contributed by atoms with Gasteiger partial charge in [0, 0.05) is 19.1 Å². The number of carboxylic acid groups (broad SMARTS) is 1. The van der Waals surface area contributed by atoms with Gasteiger partial charge in [0.15, 0.2) is 0 Å². The number of hydrogen-bond donors (Lipinski definition) is 1. The van der Waals surface area contributed by atoms with Crippen LogP contribution in [0.2, 0.25) is 0 Å². The number of rotatable bonds is 4. The van der Waals surface area contributed by atoms with Gasteiger partial charge in [0.05, 0.1) is 6.10 Å². The molecule has 1 heterocycles. The molecule has 14 heavy (non-hydrogen) atoms. The first-order valence-corrected chi connectivity index (χ1v) is 5.33. The number of nitrogens with zero attached hydrogens (tertiary/aromatic N) is 1. The smallest absolute Gasteiger partial charge is 0.329 e. The Labute approximate surface area is 83.8 Å². The van der Waals surface area contributed by atoms with E-state index in [1.807, 2.05) is 0 Å². The molecule has 0 aromatic carbocycles. The summed E-state index contributed by atoms with van der Waals surface area (Å²) in [5, 5.41) is 8.46. The summed E-state index contributed by atoms with van der Waals surface area (Å²) in [6.45, 7) is 2.01. The fourth-order valence-corrected chi connectivity index (χ4v) is 2.04. The van der Waals surface area contributed by atoms with Crippen molar-refractivity contribution in [2.75, 3.05) is 19.7 Å². The van der Waals surface area contributed by atoms with E-state index in [1.165, 1.54) is 12.8 Å². The van der Waals surface area contributed by atoms with E-state index < -0.39 is 5.97 Å². The molecule has 2 fully saturated rings. The van der Waals surface area contributed by atoms with Gasteiger partial charge < -0.3 is 14.7 Å². The lowest BCUT2D eigenvalue weighted by Crippen LogP contribution is -2.38. The lowest BCUT2D eigenvalue weighted by molar-refractivity contribution is -0.145. The van der Waals surface area contributed by atoms with Crippen molar-refractivity contribution in [2.24, 2.45) is 0 Å². The molecule has 0 spiro atoms. The van der Waals surface area contributed by atoms with Crippen molar-refractivity contribution in [3.8, 4) is 0 Å². The maximum atomic E-state index is 10.3. The second kappa shape index (κ2) is 4.28. The summed E-state index contributed by atoms with van der Waals surface area (Å²) >= 11 is 0. The molecule has 0 aromatic heterocycles. The topological polar surface area (TPSA) is 49.8 Å². The van der Waals surface area contributed by atoms with Crippen LogP contribution in [0.25, 0.3) is 0 Å². The Kier molecular flexibility index (Phi) is 3.03. The molecule has 0 radical (unpaired) electrons. The third-order valence-corrected chi connectivity index (χ3v) is 2.98. The lowest BCUT2D eigenvalue weighted by Gasteiger charge is -2.31. The average molecular weight is 199 g/mol. The molecule has 0 amide bonds. The van der Waals surface area contributed by atoms with E-state index in [9.17, 15) is 4.79 Å². The summed E-state index contributed by atoms with van der Waals surface area (Å²) in [6.07, 6.45) is 4.84. The fraction of sp³-hybridized carbons (Fsp3) is 0.900. The molecule has 1 aliphatic heterocycles. The molecular formula is C10H17NO3. The van der Waals surface area contributed by atoms with Crippen LogP contribution in [-0.4, -0.2) is 47.8 Å². The number of carbonyl (C=O) groups is 1. The molecule has 0 aromatic rings. The van der Waals surface area contributed by atoms with E-state index in [1.54, 1.807) is 0 Å². The van der Waals surface area contributed by atoms with Crippen LogP contribution >= 0.6 is 0 Å². The highest BCUT2D eigenvalue weighted by Gasteiger charge is 2.31. The van der Waals surface area contributed by atoms with Gasteiger partial charge >= 0.3 is 5.97 Å². The lowest BCUT2D eigenvalue weighted by atomic mass is 10.1. The molecule has 1 saturated heterocycles. The largest absolute Gasteiger partial charge is 0.480 e. The van der Waals surface area contributed by atoms with Crippen LogP contribution < -0.4 is 0 Å². The normalized spacial score (nSPS) is 25.1. The number of ether oxygens (including phenoxy) is 1. The van der Waals surface area contributed by atoms with Gasteiger partial charge in [-0.3, -0.25) is 0 Å². The first kappa shape index (κ1) is 9.93. The SMILES string of the molecule is O=C(O)COC1CCN(C2CC2)CC1. The Morgan fingerprint density at radius 1 is 1.29 bits per heavy atom. The van der Waals surface area contributed by atoms with Crippen molar-refractivity contribution in [3.63, 3.8) is 0 Å². The summed E-state index contributed by atoms with van der Waals surface area (Å²) in [4.78, 5) is 12.8. The standard InChI is InChI=1S/C10H17NO3/c12-10(13)7-14-9-3-5-11(6-4-9)8-1-2-8/h8-9H,1-7H2,(H,12,13). The van der Waals surface area contributed by atoms with E-state index in [-0.39, 0.29) is 12.7 Å². The minimum atomic E-state index is -0.866. The van der Waals surface area contributed by atoms with Crippen molar-refractivity contribution in [1.29, 1.82) is 0 Å². The molecule has 4 nitrogen and oxygen atoms in total. The van der Waals surface area contributed by atoms with E-state index in [0.29, 0.717) is 0 Å². The molecule has 1 aliphatic carbocycles. The molecule has 2 aliphatic rings. The van der Waals surface area contributed by atoms with E-state index in [2.05, 4.69) is 4.90 Å².